The average Bonchev–Trinajstić information content (AvgIpc) is 2.92. The van der Waals surface area contributed by atoms with E-state index in [0.29, 0.717) is 17.9 Å². The van der Waals surface area contributed by atoms with Crippen LogP contribution < -0.4 is 15.2 Å². The number of carbonyl (C=O) groups is 1. The molecule has 1 aliphatic heterocycles. The molecule has 1 aromatic heterocycles. The second-order valence-corrected chi connectivity index (χ2v) is 8.60. The van der Waals surface area contributed by atoms with Crippen molar-refractivity contribution in [1.82, 2.24) is 20.4 Å². The number of nitrogens with zero attached hydrogens (tertiary/aromatic N) is 5. The molecule has 0 saturated carbocycles. The van der Waals surface area contributed by atoms with Gasteiger partial charge in [0, 0.05) is 56.5 Å². The third-order valence-electron chi connectivity index (χ3n) is 6.98. The molecule has 0 saturated heterocycles. The number of hydrogen-bond donors (Lipinski definition) is 1. The Balaban J connectivity index is 1.93. The normalized spacial score (nSPS) is 14.5. The van der Waals surface area contributed by atoms with E-state index < -0.39 is 5.54 Å². The number of anilines is 2. The number of hydrazine groups is 1. The zero-order chi connectivity index (χ0) is 25.0. The van der Waals surface area contributed by atoms with Gasteiger partial charge in [0.15, 0.2) is 5.69 Å². The van der Waals surface area contributed by atoms with Gasteiger partial charge in [-0.25, -0.2) is 10.4 Å². The number of amides is 1. The molecule has 0 aliphatic carbocycles. The highest BCUT2D eigenvalue weighted by Gasteiger charge is 2.47. The molecule has 7 nitrogen and oxygen atoms in total. The Bertz CT molecular complexity index is 1080. The summed E-state index contributed by atoms with van der Waals surface area (Å²) in [5.74, 6) is -0.161. The predicted molar refractivity (Wildman–Crippen MR) is 142 cm³/mol. The topological polar surface area (TPSA) is 64.6 Å². The lowest BCUT2D eigenvalue weighted by Crippen LogP contribution is -2.60. The van der Waals surface area contributed by atoms with Crippen LogP contribution in [0.15, 0.2) is 60.9 Å². The summed E-state index contributed by atoms with van der Waals surface area (Å²) in [6.07, 6.45) is 3.26. The summed E-state index contributed by atoms with van der Waals surface area (Å²) in [6.45, 7) is 14.9. The van der Waals surface area contributed by atoms with Crippen LogP contribution in [0.25, 0.3) is 0 Å². The number of aromatic nitrogens is 2. The molecule has 3 aromatic rings. The van der Waals surface area contributed by atoms with Crippen molar-refractivity contribution in [3.63, 3.8) is 0 Å². The fourth-order valence-corrected chi connectivity index (χ4v) is 5.02. The second kappa shape index (κ2) is 10.4. The Labute approximate surface area is 208 Å². The summed E-state index contributed by atoms with van der Waals surface area (Å²) in [5.41, 5.74) is 8.08. The molecular weight excluding hydrogens is 436 g/mol. The molecule has 1 amide bonds. The van der Waals surface area contributed by atoms with Crippen LogP contribution in [0.5, 0.6) is 0 Å². The quantitative estimate of drug-likeness (QED) is 0.497. The van der Waals surface area contributed by atoms with E-state index in [-0.39, 0.29) is 5.91 Å². The Kier molecular flexibility index (Phi) is 7.36. The van der Waals surface area contributed by atoms with Gasteiger partial charge < -0.3 is 9.80 Å². The number of carbonyl (C=O) groups excluding carboxylic acids is 1. The van der Waals surface area contributed by atoms with Crippen LogP contribution in [-0.2, 0) is 5.54 Å². The summed E-state index contributed by atoms with van der Waals surface area (Å²) < 4.78 is 0. The summed E-state index contributed by atoms with van der Waals surface area (Å²) in [5, 5.41) is 1.65. The lowest BCUT2D eigenvalue weighted by atomic mass is 9.78. The molecule has 0 radical (unpaired) electrons. The van der Waals surface area contributed by atoms with E-state index in [2.05, 4.69) is 96.4 Å². The Morgan fingerprint density at radius 1 is 0.743 bits per heavy atom. The van der Waals surface area contributed by atoms with Crippen LogP contribution in [0.2, 0.25) is 0 Å². The van der Waals surface area contributed by atoms with Gasteiger partial charge in [0.25, 0.3) is 5.91 Å². The molecule has 7 heteroatoms. The molecule has 0 unspecified atom stereocenters. The van der Waals surface area contributed by atoms with Crippen LogP contribution in [0.3, 0.4) is 0 Å². The van der Waals surface area contributed by atoms with Gasteiger partial charge in [0.2, 0.25) is 0 Å². The highest BCUT2D eigenvalue weighted by Crippen LogP contribution is 2.41. The minimum Gasteiger partial charge on any atom is -0.372 e. The molecule has 184 valence electrons. The van der Waals surface area contributed by atoms with E-state index in [9.17, 15) is 4.79 Å². The first-order valence-corrected chi connectivity index (χ1v) is 12.7. The first-order chi connectivity index (χ1) is 17.0. The predicted octanol–water partition coefficient (Wildman–Crippen LogP) is 4.44. The molecule has 0 bridgehead atoms. The number of hydrogen-bond acceptors (Lipinski definition) is 6. The molecule has 4 rings (SSSR count). The third-order valence-corrected chi connectivity index (χ3v) is 6.98. The van der Waals surface area contributed by atoms with Crippen LogP contribution in [-0.4, -0.2) is 53.6 Å². The van der Waals surface area contributed by atoms with Crippen LogP contribution in [0.1, 0.15) is 61.9 Å². The number of rotatable bonds is 9. The van der Waals surface area contributed by atoms with Gasteiger partial charge in [-0.05, 0) is 70.0 Å². The summed E-state index contributed by atoms with van der Waals surface area (Å²) in [6, 6.07) is 17.2. The average molecular weight is 473 g/mol. The maximum Gasteiger partial charge on any atom is 0.288 e. The van der Waals surface area contributed by atoms with Crippen molar-refractivity contribution in [2.24, 2.45) is 0 Å². The zero-order valence-corrected chi connectivity index (χ0v) is 21.5. The first kappa shape index (κ1) is 24.7. The van der Waals surface area contributed by atoms with Crippen molar-refractivity contribution < 1.29 is 4.79 Å². The fourth-order valence-electron chi connectivity index (χ4n) is 5.02. The highest BCUT2D eigenvalue weighted by atomic mass is 16.2. The van der Waals surface area contributed by atoms with Crippen LogP contribution in [0, 0.1) is 0 Å². The Morgan fingerprint density at radius 2 is 1.20 bits per heavy atom. The lowest BCUT2D eigenvalue weighted by molar-refractivity contribution is 0.0536. The Hall–Kier alpha value is -3.45. The molecule has 0 spiro atoms. The zero-order valence-electron chi connectivity index (χ0n) is 21.5. The number of fused-ring (bicyclic) bond motifs is 1. The maximum atomic E-state index is 13.2. The van der Waals surface area contributed by atoms with Gasteiger partial charge in [-0.1, -0.05) is 24.3 Å². The second-order valence-electron chi connectivity index (χ2n) is 8.60. The number of nitrogens with one attached hydrogen (secondary N) is 1. The van der Waals surface area contributed by atoms with Gasteiger partial charge >= 0.3 is 0 Å². The monoisotopic (exact) mass is 472 g/mol. The van der Waals surface area contributed by atoms with E-state index in [1.807, 2.05) is 6.92 Å². The molecule has 2 aromatic carbocycles. The molecule has 1 N–H and O–H groups in total. The van der Waals surface area contributed by atoms with Crippen molar-refractivity contribution in [2.75, 3.05) is 42.5 Å². The largest absolute Gasteiger partial charge is 0.372 e. The van der Waals surface area contributed by atoms with Crippen LogP contribution >= 0.6 is 0 Å². The van der Waals surface area contributed by atoms with Gasteiger partial charge in [-0.3, -0.25) is 14.8 Å². The molecule has 2 heterocycles. The molecule has 1 aliphatic rings. The van der Waals surface area contributed by atoms with E-state index in [1.54, 1.807) is 17.4 Å². The highest BCUT2D eigenvalue weighted by molar-refractivity contribution is 5.95. The van der Waals surface area contributed by atoms with E-state index in [4.69, 9.17) is 4.98 Å². The SMILES string of the molecule is CCN1NC(c2ccc(N(CC)CC)cc2)(c2ccc(N(CC)CC)cc2)c2nccnc2C1=O. The maximum absolute atomic E-state index is 13.2. The van der Waals surface area contributed by atoms with E-state index in [1.165, 1.54) is 11.4 Å². The minimum absolute atomic E-state index is 0.161. The molecule has 0 fully saturated rings. The van der Waals surface area contributed by atoms with Crippen molar-refractivity contribution in [1.29, 1.82) is 0 Å². The Morgan fingerprint density at radius 3 is 1.63 bits per heavy atom. The minimum atomic E-state index is -0.850. The van der Waals surface area contributed by atoms with E-state index in [0.717, 1.165) is 37.3 Å². The van der Waals surface area contributed by atoms with Crippen LogP contribution in [0.4, 0.5) is 11.4 Å². The smallest absolute Gasteiger partial charge is 0.288 e. The standard InChI is InChI=1S/C28H36N6O/c1-6-32(7-2)23-15-11-21(12-16-23)28(22-13-17-24(18-14-22)33(8-3)9-4)26-25(29-19-20-30-26)27(35)34(10-5)31-28/h11-20,31H,6-10H2,1-5H3. The summed E-state index contributed by atoms with van der Waals surface area (Å²) in [4.78, 5) is 27.0. The summed E-state index contributed by atoms with van der Waals surface area (Å²) in [7, 11) is 0. The summed E-state index contributed by atoms with van der Waals surface area (Å²) >= 11 is 0. The van der Waals surface area contributed by atoms with E-state index >= 15 is 0 Å². The van der Waals surface area contributed by atoms with Crippen molar-refractivity contribution in [3.8, 4) is 0 Å². The first-order valence-electron chi connectivity index (χ1n) is 12.7. The van der Waals surface area contributed by atoms with Crippen molar-refractivity contribution in [2.45, 2.75) is 40.2 Å². The molecule has 35 heavy (non-hydrogen) atoms. The number of benzene rings is 2. The van der Waals surface area contributed by atoms with Crippen molar-refractivity contribution in [3.05, 3.63) is 83.4 Å². The lowest BCUT2D eigenvalue weighted by Gasteiger charge is -2.44. The van der Waals surface area contributed by atoms with Gasteiger partial charge in [-0.15, -0.1) is 0 Å². The van der Waals surface area contributed by atoms with Gasteiger partial charge in [0.05, 0.1) is 0 Å². The van der Waals surface area contributed by atoms with Crippen molar-refractivity contribution >= 4 is 17.3 Å². The molecule has 0 atom stereocenters. The van der Waals surface area contributed by atoms with Gasteiger partial charge in [-0.2, -0.15) is 0 Å². The van der Waals surface area contributed by atoms with Gasteiger partial charge in [0.1, 0.15) is 11.2 Å². The molecular formula is C28H36N6O. The third kappa shape index (κ3) is 4.25. The fraction of sp³-hybridized carbons (Fsp3) is 0.393.